The van der Waals surface area contributed by atoms with Crippen LogP contribution in [0.2, 0.25) is 0 Å². The average Bonchev–Trinajstić information content (AvgIpc) is 3.20. The summed E-state index contributed by atoms with van der Waals surface area (Å²) < 4.78 is 5.57. The van der Waals surface area contributed by atoms with Crippen molar-refractivity contribution in [3.8, 4) is 0 Å². The smallest absolute Gasteiger partial charge is 0.259 e. The first kappa shape index (κ1) is 15.2. The van der Waals surface area contributed by atoms with Crippen LogP contribution in [0, 0.1) is 0 Å². The first-order chi connectivity index (χ1) is 11.8. The molecule has 0 saturated heterocycles. The van der Waals surface area contributed by atoms with E-state index in [0.717, 1.165) is 12.8 Å². The monoisotopic (exact) mass is 322 g/mol. The van der Waals surface area contributed by atoms with Gasteiger partial charge in [-0.2, -0.15) is 0 Å². The van der Waals surface area contributed by atoms with Gasteiger partial charge in [-0.25, -0.2) is 0 Å². The number of hydrogen-bond donors (Lipinski definition) is 0. The summed E-state index contributed by atoms with van der Waals surface area (Å²) in [6, 6.07) is 13.2. The van der Waals surface area contributed by atoms with Gasteiger partial charge in [-0.15, -0.1) is 0 Å². The Morgan fingerprint density at radius 1 is 1.00 bits per heavy atom. The molecule has 124 valence electrons. The molecule has 4 rings (SSSR count). The van der Waals surface area contributed by atoms with Crippen LogP contribution in [0.1, 0.15) is 54.6 Å². The Hall–Kier alpha value is -2.36. The Balaban J connectivity index is 1.70. The van der Waals surface area contributed by atoms with Crippen LogP contribution in [-0.2, 0) is 0 Å². The second-order valence-electron chi connectivity index (χ2n) is 6.81. The van der Waals surface area contributed by atoms with Crippen molar-refractivity contribution in [2.24, 2.45) is 4.99 Å². The van der Waals surface area contributed by atoms with Crippen molar-refractivity contribution in [3.05, 3.63) is 60.1 Å². The van der Waals surface area contributed by atoms with E-state index >= 15 is 0 Å². The number of rotatable bonds is 2. The zero-order valence-electron chi connectivity index (χ0n) is 13.8. The predicted molar refractivity (Wildman–Crippen MR) is 93.2 cm³/mol. The first-order valence-corrected chi connectivity index (χ1v) is 8.78. The minimum atomic E-state index is -0.136. The van der Waals surface area contributed by atoms with Crippen molar-refractivity contribution >= 4 is 11.7 Å². The number of furan rings is 1. The average molecular weight is 322 g/mol. The molecule has 1 amide bonds. The second kappa shape index (κ2) is 6.27. The largest absolute Gasteiger partial charge is 0.461 e. The predicted octanol–water partition coefficient (Wildman–Crippen LogP) is 4.28. The molecule has 1 fully saturated rings. The summed E-state index contributed by atoms with van der Waals surface area (Å²) in [5, 5.41) is 0. The van der Waals surface area contributed by atoms with Crippen LogP contribution in [0.25, 0.3) is 0 Å². The van der Waals surface area contributed by atoms with E-state index < -0.39 is 0 Å². The molecule has 1 aliphatic carbocycles. The molecule has 2 heterocycles. The molecule has 2 aromatic rings. The molecule has 0 atom stereocenters. The fraction of sp³-hybridized carbons (Fsp3) is 0.400. The zero-order chi connectivity index (χ0) is 16.4. The molecular formula is C20H22N2O2. The highest BCUT2D eigenvalue weighted by atomic mass is 16.3. The summed E-state index contributed by atoms with van der Waals surface area (Å²) in [7, 11) is 0. The van der Waals surface area contributed by atoms with Gasteiger partial charge in [0.05, 0.1) is 18.3 Å². The lowest BCUT2D eigenvalue weighted by Crippen LogP contribution is -2.40. The standard InChI is InChI=1S/C20H22N2O2/c23-19(16-9-4-3-5-10-16)22-15-20(12-6-1-2-7-13-20)21-18(22)17-11-8-14-24-17/h3-5,8-11,14H,1-2,6-7,12-13,15H2. The molecule has 0 radical (unpaired) electrons. The minimum Gasteiger partial charge on any atom is -0.461 e. The van der Waals surface area contributed by atoms with Gasteiger partial charge in [-0.1, -0.05) is 43.9 Å². The van der Waals surface area contributed by atoms with Gasteiger partial charge in [0.2, 0.25) is 0 Å². The maximum absolute atomic E-state index is 13.1. The molecule has 0 unspecified atom stereocenters. The van der Waals surface area contributed by atoms with Crippen LogP contribution in [0.3, 0.4) is 0 Å². The van der Waals surface area contributed by atoms with Gasteiger partial charge in [0.15, 0.2) is 11.6 Å². The van der Waals surface area contributed by atoms with Crippen LogP contribution < -0.4 is 0 Å². The van der Waals surface area contributed by atoms with Gasteiger partial charge >= 0.3 is 0 Å². The Kier molecular flexibility index (Phi) is 3.97. The lowest BCUT2D eigenvalue weighted by Gasteiger charge is -2.26. The van der Waals surface area contributed by atoms with E-state index in [9.17, 15) is 4.79 Å². The number of nitrogens with zero attached hydrogens (tertiary/aromatic N) is 2. The van der Waals surface area contributed by atoms with Crippen LogP contribution in [0.15, 0.2) is 58.1 Å². The Morgan fingerprint density at radius 3 is 2.42 bits per heavy atom. The lowest BCUT2D eigenvalue weighted by atomic mass is 9.91. The molecule has 4 heteroatoms. The van der Waals surface area contributed by atoms with E-state index in [0.29, 0.717) is 23.7 Å². The fourth-order valence-electron chi connectivity index (χ4n) is 3.84. The Morgan fingerprint density at radius 2 is 1.75 bits per heavy atom. The topological polar surface area (TPSA) is 45.8 Å². The normalized spacial score (nSPS) is 20.0. The van der Waals surface area contributed by atoms with Gasteiger partial charge in [0.25, 0.3) is 5.91 Å². The third kappa shape index (κ3) is 2.77. The van der Waals surface area contributed by atoms with E-state index in [1.165, 1.54) is 25.7 Å². The van der Waals surface area contributed by atoms with E-state index in [-0.39, 0.29) is 11.4 Å². The molecule has 0 bridgehead atoms. The van der Waals surface area contributed by atoms with Gasteiger partial charge in [0, 0.05) is 5.56 Å². The van der Waals surface area contributed by atoms with Crippen molar-refractivity contribution in [1.29, 1.82) is 0 Å². The number of hydrogen-bond acceptors (Lipinski definition) is 3. The summed E-state index contributed by atoms with van der Waals surface area (Å²) >= 11 is 0. The fourth-order valence-corrected chi connectivity index (χ4v) is 3.84. The zero-order valence-corrected chi connectivity index (χ0v) is 13.8. The van der Waals surface area contributed by atoms with E-state index in [1.54, 1.807) is 6.26 Å². The van der Waals surface area contributed by atoms with Crippen molar-refractivity contribution in [1.82, 2.24) is 4.90 Å². The summed E-state index contributed by atoms with van der Waals surface area (Å²) in [4.78, 5) is 19.9. The molecule has 1 aliphatic heterocycles. The SMILES string of the molecule is O=C(c1ccccc1)N1CC2(CCCCCC2)N=C1c1ccco1. The highest BCUT2D eigenvalue weighted by molar-refractivity contribution is 6.12. The molecule has 24 heavy (non-hydrogen) atoms. The van der Waals surface area contributed by atoms with Crippen molar-refractivity contribution in [2.45, 2.75) is 44.1 Å². The quantitative estimate of drug-likeness (QED) is 0.828. The van der Waals surface area contributed by atoms with E-state index in [2.05, 4.69) is 0 Å². The summed E-state index contributed by atoms with van der Waals surface area (Å²) in [6.07, 6.45) is 8.64. The van der Waals surface area contributed by atoms with Gasteiger partial charge in [0.1, 0.15) is 0 Å². The summed E-state index contributed by atoms with van der Waals surface area (Å²) in [5.41, 5.74) is 0.561. The lowest BCUT2D eigenvalue weighted by molar-refractivity contribution is 0.0836. The molecule has 1 aromatic heterocycles. The summed E-state index contributed by atoms with van der Waals surface area (Å²) in [5.74, 6) is 1.38. The maximum atomic E-state index is 13.1. The van der Waals surface area contributed by atoms with E-state index in [1.807, 2.05) is 47.4 Å². The number of benzene rings is 1. The van der Waals surface area contributed by atoms with Crippen molar-refractivity contribution < 1.29 is 9.21 Å². The third-order valence-electron chi connectivity index (χ3n) is 5.09. The Labute approximate surface area is 142 Å². The highest BCUT2D eigenvalue weighted by Gasteiger charge is 2.43. The van der Waals surface area contributed by atoms with E-state index in [4.69, 9.17) is 9.41 Å². The van der Waals surface area contributed by atoms with Crippen LogP contribution in [-0.4, -0.2) is 28.7 Å². The van der Waals surface area contributed by atoms with Crippen molar-refractivity contribution in [3.63, 3.8) is 0 Å². The molecular weight excluding hydrogens is 300 g/mol. The molecule has 1 aromatic carbocycles. The van der Waals surface area contributed by atoms with Crippen LogP contribution in [0.5, 0.6) is 0 Å². The minimum absolute atomic E-state index is 0.00636. The molecule has 1 spiro atoms. The number of amidine groups is 1. The van der Waals surface area contributed by atoms with Crippen LogP contribution in [0.4, 0.5) is 0 Å². The Bertz CT molecular complexity index is 726. The molecule has 4 nitrogen and oxygen atoms in total. The van der Waals surface area contributed by atoms with Crippen molar-refractivity contribution in [2.75, 3.05) is 6.54 Å². The van der Waals surface area contributed by atoms with Gasteiger partial charge < -0.3 is 4.42 Å². The maximum Gasteiger partial charge on any atom is 0.259 e. The number of amides is 1. The molecule has 1 saturated carbocycles. The third-order valence-corrected chi connectivity index (χ3v) is 5.09. The first-order valence-electron chi connectivity index (χ1n) is 8.78. The van der Waals surface area contributed by atoms with Gasteiger partial charge in [-0.05, 0) is 37.1 Å². The summed E-state index contributed by atoms with van der Waals surface area (Å²) in [6.45, 7) is 0.663. The van der Waals surface area contributed by atoms with Crippen LogP contribution >= 0.6 is 0 Å². The number of aliphatic imine (C=N–C) groups is 1. The highest BCUT2D eigenvalue weighted by Crippen LogP contribution is 2.37. The molecule has 2 aliphatic rings. The molecule has 0 N–H and O–H groups in total. The second-order valence-corrected chi connectivity index (χ2v) is 6.81. The number of carbonyl (C=O) groups excluding carboxylic acids is 1. The van der Waals surface area contributed by atoms with Gasteiger partial charge in [-0.3, -0.25) is 14.7 Å². The number of carbonyl (C=O) groups is 1.